The average Bonchev–Trinajstić information content (AvgIpc) is 2.40. The third kappa shape index (κ3) is 3.22. The normalized spacial score (nSPS) is 23.6. The predicted octanol–water partition coefficient (Wildman–Crippen LogP) is 5.14. The molecule has 0 unspecified atom stereocenters. The number of Topliss-reactive ketones (excluding diaryl/α,β-unsaturated/α-hetero) is 1. The van der Waals surface area contributed by atoms with E-state index in [4.69, 9.17) is 0 Å². The maximum absolute atomic E-state index is 13.8. The van der Waals surface area contributed by atoms with Crippen molar-refractivity contribution in [3.05, 3.63) is 34.1 Å². The summed E-state index contributed by atoms with van der Waals surface area (Å²) in [6.07, 6.45) is -4.00. The Balaban J connectivity index is 2.07. The summed E-state index contributed by atoms with van der Waals surface area (Å²) in [5.41, 5.74) is -0.0465. The smallest absolute Gasteiger partial charge is 0.294 e. The molecule has 1 aromatic rings. The second-order valence-corrected chi connectivity index (χ2v) is 5.91. The molecule has 0 aliphatic heterocycles. The van der Waals surface area contributed by atoms with Crippen LogP contribution in [0.5, 0.6) is 0 Å². The summed E-state index contributed by atoms with van der Waals surface area (Å²) < 4.78 is 51.7. The molecule has 0 atom stereocenters. The SMILES string of the molecule is O=C(c1cccc(Br)c1F)C1CCC(C(F)(F)F)CC1. The van der Waals surface area contributed by atoms with Gasteiger partial charge >= 0.3 is 6.18 Å². The fraction of sp³-hybridized carbons (Fsp3) is 0.500. The summed E-state index contributed by atoms with van der Waals surface area (Å²) >= 11 is 3.00. The molecule has 0 amide bonds. The molecule has 0 radical (unpaired) electrons. The van der Waals surface area contributed by atoms with Gasteiger partial charge in [-0.15, -0.1) is 0 Å². The Labute approximate surface area is 122 Å². The highest BCUT2D eigenvalue weighted by Crippen LogP contribution is 2.40. The molecule has 0 N–H and O–H groups in total. The first-order chi connectivity index (χ1) is 9.30. The number of carbonyl (C=O) groups excluding carboxylic acids is 1. The number of halogens is 5. The largest absolute Gasteiger partial charge is 0.391 e. The molecule has 1 aliphatic rings. The van der Waals surface area contributed by atoms with E-state index < -0.39 is 29.6 Å². The maximum Gasteiger partial charge on any atom is 0.391 e. The van der Waals surface area contributed by atoms with E-state index in [1.54, 1.807) is 6.07 Å². The van der Waals surface area contributed by atoms with Gasteiger partial charge in [0, 0.05) is 5.92 Å². The van der Waals surface area contributed by atoms with E-state index >= 15 is 0 Å². The van der Waals surface area contributed by atoms with Crippen LogP contribution in [0.15, 0.2) is 22.7 Å². The van der Waals surface area contributed by atoms with Crippen molar-refractivity contribution >= 4 is 21.7 Å². The van der Waals surface area contributed by atoms with Crippen LogP contribution in [0.1, 0.15) is 36.0 Å². The Morgan fingerprint density at radius 1 is 1.15 bits per heavy atom. The van der Waals surface area contributed by atoms with Gasteiger partial charge in [-0.3, -0.25) is 4.79 Å². The number of hydrogen-bond acceptors (Lipinski definition) is 1. The number of rotatable bonds is 2. The molecular weight excluding hydrogens is 340 g/mol. The third-order valence-electron chi connectivity index (χ3n) is 3.78. The standard InChI is InChI=1S/C14H13BrF4O/c15-11-3-1-2-10(12(11)16)13(20)8-4-6-9(7-5-8)14(17,18)19/h1-3,8-9H,4-7H2. The monoisotopic (exact) mass is 352 g/mol. The van der Waals surface area contributed by atoms with Gasteiger partial charge in [0.1, 0.15) is 5.82 Å². The summed E-state index contributed by atoms with van der Waals surface area (Å²) in [5.74, 6) is -2.89. The summed E-state index contributed by atoms with van der Waals surface area (Å²) in [4.78, 5) is 12.2. The van der Waals surface area contributed by atoms with E-state index in [0.29, 0.717) is 0 Å². The molecular formula is C14H13BrF4O. The van der Waals surface area contributed by atoms with Gasteiger partial charge in [-0.2, -0.15) is 13.2 Å². The van der Waals surface area contributed by atoms with Crippen LogP contribution in [0.3, 0.4) is 0 Å². The highest BCUT2D eigenvalue weighted by Gasteiger charge is 2.42. The topological polar surface area (TPSA) is 17.1 Å². The molecule has 0 heterocycles. The lowest BCUT2D eigenvalue weighted by molar-refractivity contribution is -0.183. The Morgan fingerprint density at radius 3 is 2.30 bits per heavy atom. The van der Waals surface area contributed by atoms with E-state index in [2.05, 4.69) is 15.9 Å². The molecule has 1 aliphatic carbocycles. The zero-order valence-corrected chi connectivity index (χ0v) is 12.1. The van der Waals surface area contributed by atoms with Crippen molar-refractivity contribution in [2.75, 3.05) is 0 Å². The van der Waals surface area contributed by atoms with Gasteiger partial charge in [0.05, 0.1) is 16.0 Å². The average molecular weight is 353 g/mol. The molecule has 2 rings (SSSR count). The number of benzene rings is 1. The first kappa shape index (κ1) is 15.5. The molecule has 1 nitrogen and oxygen atoms in total. The Bertz CT molecular complexity index is 504. The first-order valence-corrected chi connectivity index (χ1v) is 7.15. The number of alkyl halides is 3. The van der Waals surface area contributed by atoms with Crippen LogP contribution in [0.4, 0.5) is 17.6 Å². The summed E-state index contributed by atoms with van der Waals surface area (Å²) in [7, 11) is 0. The van der Waals surface area contributed by atoms with Crippen molar-refractivity contribution in [1.29, 1.82) is 0 Å². The fourth-order valence-corrected chi connectivity index (χ4v) is 2.96. The lowest BCUT2D eigenvalue weighted by Gasteiger charge is -2.29. The third-order valence-corrected chi connectivity index (χ3v) is 4.39. The van der Waals surface area contributed by atoms with Crippen LogP contribution >= 0.6 is 15.9 Å². The quantitative estimate of drug-likeness (QED) is 0.532. The predicted molar refractivity (Wildman–Crippen MR) is 69.9 cm³/mol. The molecule has 0 aromatic heterocycles. The van der Waals surface area contributed by atoms with Crippen LogP contribution in [-0.2, 0) is 0 Å². The van der Waals surface area contributed by atoms with Gasteiger partial charge < -0.3 is 0 Å². The highest BCUT2D eigenvalue weighted by molar-refractivity contribution is 9.10. The van der Waals surface area contributed by atoms with Gasteiger partial charge in [0.25, 0.3) is 0 Å². The van der Waals surface area contributed by atoms with Crippen molar-refractivity contribution in [3.63, 3.8) is 0 Å². The Kier molecular flexibility index (Phi) is 4.52. The number of ketones is 1. The lowest BCUT2D eigenvalue weighted by Crippen LogP contribution is -2.30. The van der Waals surface area contributed by atoms with E-state index in [0.717, 1.165) is 0 Å². The summed E-state index contributed by atoms with van der Waals surface area (Å²) in [6, 6.07) is 4.40. The molecule has 0 spiro atoms. The second kappa shape index (κ2) is 5.84. The molecule has 20 heavy (non-hydrogen) atoms. The lowest BCUT2D eigenvalue weighted by atomic mass is 9.78. The maximum atomic E-state index is 13.8. The van der Waals surface area contributed by atoms with Crippen LogP contribution in [0, 0.1) is 17.7 Å². The number of carbonyl (C=O) groups is 1. The van der Waals surface area contributed by atoms with E-state index in [9.17, 15) is 22.4 Å². The van der Waals surface area contributed by atoms with Gasteiger partial charge in [-0.25, -0.2) is 4.39 Å². The Morgan fingerprint density at radius 2 is 1.75 bits per heavy atom. The molecule has 0 bridgehead atoms. The minimum Gasteiger partial charge on any atom is -0.294 e. The highest BCUT2D eigenvalue weighted by atomic mass is 79.9. The van der Waals surface area contributed by atoms with Crippen molar-refractivity contribution in [2.45, 2.75) is 31.9 Å². The van der Waals surface area contributed by atoms with Crippen LogP contribution in [0.25, 0.3) is 0 Å². The van der Waals surface area contributed by atoms with Gasteiger partial charge in [-0.05, 0) is 53.7 Å². The van der Waals surface area contributed by atoms with E-state index in [-0.39, 0.29) is 35.7 Å². The van der Waals surface area contributed by atoms with Crippen LogP contribution < -0.4 is 0 Å². The van der Waals surface area contributed by atoms with Crippen LogP contribution in [0.2, 0.25) is 0 Å². The molecule has 1 aromatic carbocycles. The van der Waals surface area contributed by atoms with Crippen molar-refractivity contribution < 1.29 is 22.4 Å². The van der Waals surface area contributed by atoms with Crippen molar-refractivity contribution in [1.82, 2.24) is 0 Å². The fourth-order valence-electron chi connectivity index (χ4n) is 2.60. The molecule has 1 fully saturated rings. The molecule has 1 saturated carbocycles. The van der Waals surface area contributed by atoms with Gasteiger partial charge in [0.15, 0.2) is 5.78 Å². The zero-order valence-electron chi connectivity index (χ0n) is 10.5. The minimum atomic E-state index is -4.20. The molecule has 6 heteroatoms. The van der Waals surface area contributed by atoms with Gasteiger partial charge in [-0.1, -0.05) is 6.07 Å². The minimum absolute atomic E-state index is 0.0465. The molecule has 110 valence electrons. The number of hydrogen-bond donors (Lipinski definition) is 0. The van der Waals surface area contributed by atoms with E-state index in [1.165, 1.54) is 12.1 Å². The second-order valence-electron chi connectivity index (χ2n) is 5.06. The zero-order chi connectivity index (χ0) is 14.9. The Hall–Kier alpha value is -0.910. The summed E-state index contributed by atoms with van der Waals surface area (Å²) in [5, 5.41) is 0. The molecule has 0 saturated heterocycles. The van der Waals surface area contributed by atoms with Crippen LogP contribution in [-0.4, -0.2) is 12.0 Å². The van der Waals surface area contributed by atoms with E-state index in [1.807, 2.05) is 0 Å². The van der Waals surface area contributed by atoms with Crippen molar-refractivity contribution in [2.24, 2.45) is 11.8 Å². The first-order valence-electron chi connectivity index (χ1n) is 6.35. The van der Waals surface area contributed by atoms with Gasteiger partial charge in [0.2, 0.25) is 0 Å². The van der Waals surface area contributed by atoms with Crippen molar-refractivity contribution in [3.8, 4) is 0 Å². The summed E-state index contributed by atoms with van der Waals surface area (Å²) in [6.45, 7) is 0.